The Kier molecular flexibility index (Phi) is 3.98. The predicted octanol–water partition coefficient (Wildman–Crippen LogP) is 0.962. The van der Waals surface area contributed by atoms with E-state index in [0.29, 0.717) is 19.1 Å². The van der Waals surface area contributed by atoms with E-state index in [1.54, 1.807) is 0 Å². The first-order valence-electron chi connectivity index (χ1n) is 4.71. The zero-order chi connectivity index (χ0) is 8.97. The van der Waals surface area contributed by atoms with Crippen molar-refractivity contribution in [3.05, 3.63) is 0 Å². The molecule has 1 aliphatic heterocycles. The fraction of sp³-hybridized carbons (Fsp3) is 1.00. The summed E-state index contributed by atoms with van der Waals surface area (Å²) >= 11 is 0. The molecule has 1 rings (SSSR count). The molecule has 2 unspecified atom stereocenters. The molecule has 1 radical (unpaired) electrons. The van der Waals surface area contributed by atoms with Crippen LogP contribution in [0.5, 0.6) is 0 Å². The summed E-state index contributed by atoms with van der Waals surface area (Å²) in [4.78, 5) is 0. The van der Waals surface area contributed by atoms with Crippen LogP contribution in [0.3, 0.4) is 0 Å². The maximum absolute atomic E-state index is 11.2. The lowest BCUT2D eigenvalue weighted by atomic mass is 10.1. The van der Waals surface area contributed by atoms with Crippen LogP contribution in [0.4, 0.5) is 0 Å². The van der Waals surface area contributed by atoms with E-state index in [1.807, 2.05) is 0 Å². The van der Waals surface area contributed by atoms with Gasteiger partial charge in [-0.1, -0.05) is 13.8 Å². The molecular weight excluding hydrogens is 154 g/mol. The van der Waals surface area contributed by atoms with Crippen LogP contribution in [0.1, 0.15) is 26.7 Å². The SMILES string of the molecule is CC(C)NCCC1OCCC1[O]. The van der Waals surface area contributed by atoms with E-state index in [4.69, 9.17) is 4.74 Å². The number of hydrogen-bond donors (Lipinski definition) is 1. The van der Waals surface area contributed by atoms with Crippen LogP contribution in [-0.4, -0.2) is 31.4 Å². The van der Waals surface area contributed by atoms with E-state index >= 15 is 0 Å². The number of rotatable bonds is 4. The number of ether oxygens (including phenoxy) is 1. The van der Waals surface area contributed by atoms with Gasteiger partial charge in [-0.05, 0) is 13.0 Å². The summed E-state index contributed by atoms with van der Waals surface area (Å²) in [6.07, 6.45) is 1.01. The van der Waals surface area contributed by atoms with Crippen molar-refractivity contribution >= 4 is 0 Å². The monoisotopic (exact) mass is 172 g/mol. The molecule has 1 N–H and O–H groups in total. The molecule has 3 heteroatoms. The molecule has 0 saturated carbocycles. The van der Waals surface area contributed by atoms with Crippen molar-refractivity contribution in [2.24, 2.45) is 0 Å². The van der Waals surface area contributed by atoms with Gasteiger partial charge < -0.3 is 10.1 Å². The van der Waals surface area contributed by atoms with Crippen LogP contribution < -0.4 is 5.32 Å². The van der Waals surface area contributed by atoms with Crippen LogP contribution in [0, 0.1) is 0 Å². The highest BCUT2D eigenvalue weighted by Crippen LogP contribution is 2.16. The van der Waals surface area contributed by atoms with Gasteiger partial charge in [-0.2, -0.15) is 0 Å². The summed E-state index contributed by atoms with van der Waals surface area (Å²) in [7, 11) is 0. The Bertz CT molecular complexity index is 128. The summed E-state index contributed by atoms with van der Waals surface area (Å²) in [6.45, 7) is 5.75. The Balaban J connectivity index is 2.06. The van der Waals surface area contributed by atoms with Gasteiger partial charge in [-0.15, -0.1) is 0 Å². The van der Waals surface area contributed by atoms with E-state index in [1.165, 1.54) is 0 Å². The molecule has 0 spiro atoms. The molecule has 71 valence electrons. The normalized spacial score (nSPS) is 30.0. The summed E-state index contributed by atoms with van der Waals surface area (Å²) < 4.78 is 5.29. The van der Waals surface area contributed by atoms with Crippen LogP contribution in [0.15, 0.2) is 0 Å². The molecule has 0 aromatic rings. The molecule has 1 heterocycles. The second-order valence-corrected chi connectivity index (χ2v) is 3.63. The number of nitrogens with one attached hydrogen (secondary N) is 1. The Morgan fingerprint density at radius 1 is 1.58 bits per heavy atom. The van der Waals surface area contributed by atoms with Gasteiger partial charge in [0.1, 0.15) is 6.10 Å². The van der Waals surface area contributed by atoms with E-state index in [2.05, 4.69) is 19.2 Å². The van der Waals surface area contributed by atoms with Crippen molar-refractivity contribution in [1.82, 2.24) is 5.32 Å². The third-order valence-corrected chi connectivity index (χ3v) is 2.13. The highest BCUT2D eigenvalue weighted by molar-refractivity contribution is 4.75. The zero-order valence-corrected chi connectivity index (χ0v) is 7.88. The quantitative estimate of drug-likeness (QED) is 0.686. The van der Waals surface area contributed by atoms with Crippen LogP contribution >= 0.6 is 0 Å². The summed E-state index contributed by atoms with van der Waals surface area (Å²) in [6, 6.07) is 0.497. The van der Waals surface area contributed by atoms with Crippen molar-refractivity contribution in [2.45, 2.75) is 44.9 Å². The summed E-state index contributed by atoms with van der Waals surface area (Å²) in [5.74, 6) is 0. The first kappa shape index (κ1) is 9.96. The van der Waals surface area contributed by atoms with Crippen molar-refractivity contribution in [2.75, 3.05) is 13.2 Å². The van der Waals surface area contributed by atoms with E-state index in [-0.39, 0.29) is 6.10 Å². The zero-order valence-electron chi connectivity index (χ0n) is 7.88. The number of hydrogen-bond acceptors (Lipinski definition) is 2. The fourth-order valence-electron chi connectivity index (χ4n) is 1.41. The Labute approximate surface area is 74.1 Å². The predicted molar refractivity (Wildman–Crippen MR) is 46.6 cm³/mol. The molecular formula is C9H18NO2. The first-order chi connectivity index (χ1) is 5.70. The molecule has 0 aromatic carbocycles. The minimum atomic E-state index is -0.487. The first-order valence-corrected chi connectivity index (χ1v) is 4.71. The molecule has 1 saturated heterocycles. The Morgan fingerprint density at radius 3 is 2.83 bits per heavy atom. The second-order valence-electron chi connectivity index (χ2n) is 3.63. The van der Waals surface area contributed by atoms with E-state index in [9.17, 15) is 5.11 Å². The minimum absolute atomic E-state index is 0.0451. The van der Waals surface area contributed by atoms with Gasteiger partial charge >= 0.3 is 0 Å². The van der Waals surface area contributed by atoms with Crippen molar-refractivity contribution in [3.63, 3.8) is 0 Å². The fourth-order valence-corrected chi connectivity index (χ4v) is 1.41. The van der Waals surface area contributed by atoms with Gasteiger partial charge in [0, 0.05) is 19.1 Å². The van der Waals surface area contributed by atoms with Crippen molar-refractivity contribution in [3.8, 4) is 0 Å². The van der Waals surface area contributed by atoms with Gasteiger partial charge in [0.25, 0.3) is 0 Å². The van der Waals surface area contributed by atoms with Crippen molar-refractivity contribution < 1.29 is 9.84 Å². The van der Waals surface area contributed by atoms with E-state index in [0.717, 1.165) is 13.0 Å². The van der Waals surface area contributed by atoms with Gasteiger partial charge in [-0.25, -0.2) is 5.11 Å². The maximum atomic E-state index is 11.2. The summed E-state index contributed by atoms with van der Waals surface area (Å²) in [5, 5.41) is 14.5. The molecule has 2 atom stereocenters. The standard InChI is InChI=1S/C9H18NO2/c1-7(2)10-5-3-9-8(11)4-6-12-9/h7-10H,3-6H2,1-2H3. The minimum Gasteiger partial charge on any atom is -0.375 e. The Hall–Kier alpha value is -0.120. The van der Waals surface area contributed by atoms with Gasteiger partial charge in [0.15, 0.2) is 0 Å². The molecule has 0 aliphatic carbocycles. The maximum Gasteiger partial charge on any atom is 0.121 e. The lowest BCUT2D eigenvalue weighted by Crippen LogP contribution is -2.29. The van der Waals surface area contributed by atoms with Crippen LogP contribution in [0.2, 0.25) is 0 Å². The summed E-state index contributed by atoms with van der Waals surface area (Å²) in [5.41, 5.74) is 0. The van der Waals surface area contributed by atoms with Crippen molar-refractivity contribution in [1.29, 1.82) is 0 Å². The lowest BCUT2D eigenvalue weighted by Gasteiger charge is -2.13. The van der Waals surface area contributed by atoms with E-state index < -0.39 is 6.10 Å². The third kappa shape index (κ3) is 3.09. The van der Waals surface area contributed by atoms with Crippen LogP contribution in [-0.2, 0) is 9.84 Å². The molecule has 3 nitrogen and oxygen atoms in total. The van der Waals surface area contributed by atoms with Gasteiger partial charge in [0.05, 0.1) is 6.10 Å². The third-order valence-electron chi connectivity index (χ3n) is 2.13. The molecule has 0 aromatic heterocycles. The average Bonchev–Trinajstić information content (AvgIpc) is 2.36. The molecule has 12 heavy (non-hydrogen) atoms. The Morgan fingerprint density at radius 2 is 2.33 bits per heavy atom. The second kappa shape index (κ2) is 4.80. The van der Waals surface area contributed by atoms with Gasteiger partial charge in [-0.3, -0.25) is 0 Å². The molecule has 1 fully saturated rings. The molecule has 0 bridgehead atoms. The smallest absolute Gasteiger partial charge is 0.121 e. The molecule has 0 amide bonds. The highest BCUT2D eigenvalue weighted by Gasteiger charge is 2.26. The van der Waals surface area contributed by atoms with Crippen LogP contribution in [0.25, 0.3) is 0 Å². The lowest BCUT2D eigenvalue weighted by molar-refractivity contribution is 0.00103. The van der Waals surface area contributed by atoms with Gasteiger partial charge in [0.2, 0.25) is 0 Å². The topological polar surface area (TPSA) is 41.2 Å². The molecule has 1 aliphatic rings. The largest absolute Gasteiger partial charge is 0.375 e. The highest BCUT2D eigenvalue weighted by atomic mass is 16.5. The average molecular weight is 172 g/mol.